The van der Waals surface area contributed by atoms with Crippen LogP contribution in [0.1, 0.15) is 0 Å². The fraction of sp³-hybridized carbons (Fsp3) is 0. The van der Waals surface area contributed by atoms with Crippen LogP contribution in [-0.4, -0.2) is 0 Å². The van der Waals surface area contributed by atoms with Crippen LogP contribution in [0.15, 0.2) is 53.9 Å². The van der Waals surface area contributed by atoms with Gasteiger partial charge in [-0.25, -0.2) is 0 Å². The molecule has 3 aromatic rings. The lowest BCUT2D eigenvalue weighted by atomic mass is 10.1. The van der Waals surface area contributed by atoms with Gasteiger partial charge >= 0.3 is 0 Å². The van der Waals surface area contributed by atoms with Gasteiger partial charge in [0.1, 0.15) is 0 Å². The Morgan fingerprint density at radius 3 is 2.60 bits per heavy atom. The first kappa shape index (κ1) is 8.69. The van der Waals surface area contributed by atoms with Crippen molar-refractivity contribution in [3.8, 4) is 11.1 Å². The molecule has 0 aliphatic heterocycles. The van der Waals surface area contributed by atoms with E-state index in [0.29, 0.717) is 0 Å². The predicted molar refractivity (Wildman–Crippen MR) is 66.1 cm³/mol. The SMILES string of the molecule is [c]1ccc(-c2csc3ccccc23)cc1. The normalized spacial score (nSPS) is 10.7. The molecular weight excluding hydrogens is 200 g/mol. The van der Waals surface area contributed by atoms with Gasteiger partial charge in [-0.1, -0.05) is 42.5 Å². The summed E-state index contributed by atoms with van der Waals surface area (Å²) < 4.78 is 1.35. The van der Waals surface area contributed by atoms with Gasteiger partial charge in [0.2, 0.25) is 0 Å². The largest absolute Gasteiger partial charge is 0.143 e. The van der Waals surface area contributed by atoms with Crippen molar-refractivity contribution in [3.63, 3.8) is 0 Å². The quantitative estimate of drug-likeness (QED) is 0.558. The van der Waals surface area contributed by atoms with Gasteiger partial charge in [-0.15, -0.1) is 11.3 Å². The maximum Gasteiger partial charge on any atom is 0.0349 e. The minimum atomic E-state index is 1.27. The van der Waals surface area contributed by atoms with Crippen LogP contribution in [0.25, 0.3) is 21.2 Å². The Bertz CT molecular complexity index is 578. The van der Waals surface area contributed by atoms with Gasteiger partial charge in [0.15, 0.2) is 0 Å². The molecule has 0 amide bonds. The van der Waals surface area contributed by atoms with Crippen LogP contribution < -0.4 is 0 Å². The molecular formula is C14H9S. The van der Waals surface area contributed by atoms with Crippen LogP contribution in [0.4, 0.5) is 0 Å². The van der Waals surface area contributed by atoms with E-state index in [4.69, 9.17) is 0 Å². The Hall–Kier alpha value is -1.60. The van der Waals surface area contributed by atoms with Crippen molar-refractivity contribution in [1.82, 2.24) is 0 Å². The van der Waals surface area contributed by atoms with Gasteiger partial charge in [0, 0.05) is 15.6 Å². The van der Waals surface area contributed by atoms with E-state index in [0.717, 1.165) is 0 Å². The predicted octanol–water partition coefficient (Wildman–Crippen LogP) is 4.37. The monoisotopic (exact) mass is 209 g/mol. The van der Waals surface area contributed by atoms with E-state index in [-0.39, 0.29) is 0 Å². The van der Waals surface area contributed by atoms with Gasteiger partial charge in [0.05, 0.1) is 0 Å². The van der Waals surface area contributed by atoms with Crippen LogP contribution >= 0.6 is 11.3 Å². The molecule has 0 nitrogen and oxygen atoms in total. The highest BCUT2D eigenvalue weighted by Gasteiger charge is 2.04. The van der Waals surface area contributed by atoms with E-state index in [1.807, 2.05) is 12.1 Å². The smallest absolute Gasteiger partial charge is 0.0349 e. The van der Waals surface area contributed by atoms with Crippen LogP contribution in [0, 0.1) is 6.07 Å². The third-order valence-electron chi connectivity index (χ3n) is 2.51. The Balaban J connectivity index is 2.28. The number of hydrogen-bond donors (Lipinski definition) is 0. The molecule has 0 spiro atoms. The molecule has 0 saturated heterocycles. The summed E-state index contributed by atoms with van der Waals surface area (Å²) in [6.45, 7) is 0. The van der Waals surface area contributed by atoms with Gasteiger partial charge in [-0.3, -0.25) is 0 Å². The van der Waals surface area contributed by atoms with E-state index >= 15 is 0 Å². The molecule has 0 N–H and O–H groups in total. The van der Waals surface area contributed by atoms with Crippen molar-refractivity contribution in [2.45, 2.75) is 0 Å². The zero-order valence-corrected chi connectivity index (χ0v) is 8.92. The third-order valence-corrected chi connectivity index (χ3v) is 3.47. The molecule has 0 unspecified atom stereocenters. The minimum absolute atomic E-state index is 1.27. The second-order valence-electron chi connectivity index (χ2n) is 3.43. The Labute approximate surface area is 92.8 Å². The van der Waals surface area contributed by atoms with E-state index < -0.39 is 0 Å². The number of benzene rings is 2. The van der Waals surface area contributed by atoms with Gasteiger partial charge < -0.3 is 0 Å². The third kappa shape index (κ3) is 1.45. The van der Waals surface area contributed by atoms with Gasteiger partial charge in [0.25, 0.3) is 0 Å². The number of hydrogen-bond acceptors (Lipinski definition) is 1. The lowest BCUT2D eigenvalue weighted by Gasteiger charge is -1.98. The molecule has 0 fully saturated rings. The molecule has 1 aromatic heterocycles. The molecule has 1 radical (unpaired) electrons. The lowest BCUT2D eigenvalue weighted by molar-refractivity contribution is 1.67. The summed E-state index contributed by atoms with van der Waals surface area (Å²) in [6.07, 6.45) is 0. The molecule has 0 saturated carbocycles. The summed E-state index contributed by atoms with van der Waals surface area (Å²) in [5.41, 5.74) is 2.59. The summed E-state index contributed by atoms with van der Waals surface area (Å²) in [6, 6.07) is 19.7. The summed E-state index contributed by atoms with van der Waals surface area (Å²) in [7, 11) is 0. The first-order chi connectivity index (χ1) is 7.45. The topological polar surface area (TPSA) is 0 Å². The van der Waals surface area contributed by atoms with Crippen molar-refractivity contribution in [2.24, 2.45) is 0 Å². The van der Waals surface area contributed by atoms with Crippen LogP contribution in [0.5, 0.6) is 0 Å². The molecule has 3 rings (SSSR count). The maximum atomic E-state index is 3.05. The van der Waals surface area contributed by atoms with Crippen molar-refractivity contribution >= 4 is 21.4 Å². The highest BCUT2D eigenvalue weighted by molar-refractivity contribution is 7.17. The second-order valence-corrected chi connectivity index (χ2v) is 4.35. The van der Waals surface area contributed by atoms with Crippen molar-refractivity contribution in [1.29, 1.82) is 0 Å². The molecule has 0 bridgehead atoms. The fourth-order valence-corrected chi connectivity index (χ4v) is 2.74. The molecule has 1 heterocycles. The lowest BCUT2D eigenvalue weighted by Crippen LogP contribution is -1.73. The first-order valence-electron chi connectivity index (χ1n) is 4.88. The standard InChI is InChI=1S/C14H9S/c1-2-6-11(7-3-1)13-10-15-14-9-5-4-8-12(13)14/h2-10H. The summed E-state index contributed by atoms with van der Waals surface area (Å²) in [5.74, 6) is 0. The van der Waals surface area contributed by atoms with Gasteiger partial charge in [-0.2, -0.15) is 0 Å². The van der Waals surface area contributed by atoms with E-state index in [1.54, 1.807) is 11.3 Å². The zero-order chi connectivity index (χ0) is 10.1. The molecule has 15 heavy (non-hydrogen) atoms. The maximum absolute atomic E-state index is 3.05. The van der Waals surface area contributed by atoms with Crippen LogP contribution in [0.2, 0.25) is 0 Å². The Morgan fingerprint density at radius 2 is 1.73 bits per heavy atom. The number of rotatable bonds is 1. The number of fused-ring (bicyclic) bond motifs is 1. The van der Waals surface area contributed by atoms with Crippen molar-refractivity contribution < 1.29 is 0 Å². The minimum Gasteiger partial charge on any atom is -0.143 e. The molecule has 0 atom stereocenters. The highest BCUT2D eigenvalue weighted by Crippen LogP contribution is 2.33. The Kier molecular flexibility index (Phi) is 2.04. The summed E-state index contributed by atoms with van der Waals surface area (Å²) in [5, 5.41) is 3.56. The average molecular weight is 209 g/mol. The molecule has 0 aliphatic carbocycles. The number of thiophene rings is 1. The summed E-state index contributed by atoms with van der Waals surface area (Å²) in [4.78, 5) is 0. The van der Waals surface area contributed by atoms with Gasteiger partial charge in [-0.05, 0) is 23.1 Å². The molecule has 0 aliphatic rings. The van der Waals surface area contributed by atoms with Crippen molar-refractivity contribution in [3.05, 3.63) is 60.0 Å². The van der Waals surface area contributed by atoms with Crippen molar-refractivity contribution in [2.75, 3.05) is 0 Å². The summed E-state index contributed by atoms with van der Waals surface area (Å²) >= 11 is 1.80. The molecule has 1 heteroatoms. The Morgan fingerprint density at radius 1 is 0.933 bits per heavy atom. The fourth-order valence-electron chi connectivity index (χ4n) is 1.77. The van der Waals surface area contributed by atoms with E-state index in [9.17, 15) is 0 Å². The first-order valence-corrected chi connectivity index (χ1v) is 5.76. The molecule has 71 valence electrons. The van der Waals surface area contributed by atoms with E-state index in [2.05, 4.69) is 47.8 Å². The second kappa shape index (κ2) is 3.52. The van der Waals surface area contributed by atoms with Crippen LogP contribution in [0.3, 0.4) is 0 Å². The molecule has 2 aromatic carbocycles. The van der Waals surface area contributed by atoms with Crippen LogP contribution in [-0.2, 0) is 0 Å². The highest BCUT2D eigenvalue weighted by atomic mass is 32.1. The van der Waals surface area contributed by atoms with E-state index in [1.165, 1.54) is 21.2 Å². The zero-order valence-electron chi connectivity index (χ0n) is 8.10. The average Bonchev–Trinajstić information content (AvgIpc) is 2.74.